The molecule has 1 unspecified atom stereocenters. The first-order chi connectivity index (χ1) is 15.7. The standard InChI is InChI=1S/C25H29N3O5/c1-16-22(23(29)27-18-9-11-28(14-18)24(30)33-25(2,3)4)20-12-19(7-8-21(20)32-16)31-15-17-6-5-10-26-13-17/h5-8,10,12-13,18H,9,11,14-15H2,1-4H3,(H,27,29). The zero-order chi connectivity index (χ0) is 23.6. The highest BCUT2D eigenvalue weighted by Crippen LogP contribution is 2.30. The van der Waals surface area contributed by atoms with Gasteiger partial charge in [0.2, 0.25) is 0 Å². The Hall–Kier alpha value is -3.55. The molecule has 1 aliphatic heterocycles. The van der Waals surface area contributed by atoms with Crippen molar-refractivity contribution in [2.24, 2.45) is 0 Å². The first-order valence-corrected chi connectivity index (χ1v) is 11.0. The van der Waals surface area contributed by atoms with E-state index in [9.17, 15) is 9.59 Å². The van der Waals surface area contributed by atoms with Crippen LogP contribution in [0.1, 0.15) is 48.9 Å². The molecule has 1 aromatic carbocycles. The van der Waals surface area contributed by atoms with Crippen LogP contribution in [0.5, 0.6) is 5.75 Å². The Morgan fingerprint density at radius 2 is 2.09 bits per heavy atom. The molecule has 1 atom stereocenters. The van der Waals surface area contributed by atoms with E-state index in [4.69, 9.17) is 13.9 Å². The second kappa shape index (κ2) is 9.13. The largest absolute Gasteiger partial charge is 0.489 e. The van der Waals surface area contributed by atoms with Crippen LogP contribution in [0.15, 0.2) is 47.1 Å². The van der Waals surface area contributed by atoms with Gasteiger partial charge < -0.3 is 24.1 Å². The molecule has 0 radical (unpaired) electrons. The smallest absolute Gasteiger partial charge is 0.410 e. The molecule has 3 heterocycles. The van der Waals surface area contributed by atoms with Crippen LogP contribution < -0.4 is 10.1 Å². The number of hydrogen-bond acceptors (Lipinski definition) is 6. The number of amides is 2. The van der Waals surface area contributed by atoms with Gasteiger partial charge in [-0.25, -0.2) is 4.79 Å². The van der Waals surface area contributed by atoms with Gasteiger partial charge in [0.25, 0.3) is 5.91 Å². The highest BCUT2D eigenvalue weighted by molar-refractivity contribution is 6.07. The van der Waals surface area contributed by atoms with Crippen molar-refractivity contribution >= 4 is 23.0 Å². The Bertz CT molecular complexity index is 1150. The Kier molecular flexibility index (Phi) is 6.26. The average Bonchev–Trinajstić information content (AvgIpc) is 3.35. The third-order valence-corrected chi connectivity index (χ3v) is 5.37. The van der Waals surface area contributed by atoms with Gasteiger partial charge in [0.05, 0.1) is 5.56 Å². The number of ether oxygens (including phenoxy) is 2. The van der Waals surface area contributed by atoms with E-state index in [-0.39, 0.29) is 18.0 Å². The molecule has 0 bridgehead atoms. The van der Waals surface area contributed by atoms with Gasteiger partial charge in [-0.1, -0.05) is 6.07 Å². The van der Waals surface area contributed by atoms with Crippen molar-refractivity contribution in [3.8, 4) is 5.75 Å². The molecular weight excluding hydrogens is 422 g/mol. The number of furan rings is 1. The third kappa shape index (κ3) is 5.45. The van der Waals surface area contributed by atoms with E-state index in [1.54, 1.807) is 30.3 Å². The summed E-state index contributed by atoms with van der Waals surface area (Å²) in [6, 6.07) is 9.08. The monoisotopic (exact) mass is 451 g/mol. The van der Waals surface area contributed by atoms with Crippen molar-refractivity contribution in [3.63, 3.8) is 0 Å². The van der Waals surface area contributed by atoms with Crippen LogP contribution in [0.2, 0.25) is 0 Å². The minimum Gasteiger partial charge on any atom is -0.489 e. The molecule has 4 rings (SSSR count). The van der Waals surface area contributed by atoms with Crippen molar-refractivity contribution in [1.29, 1.82) is 0 Å². The Labute approximate surface area is 192 Å². The number of carbonyl (C=O) groups excluding carboxylic acids is 2. The van der Waals surface area contributed by atoms with E-state index in [1.807, 2.05) is 45.0 Å². The SMILES string of the molecule is Cc1oc2ccc(OCc3cccnc3)cc2c1C(=O)NC1CCN(C(=O)OC(C)(C)C)C1. The van der Waals surface area contributed by atoms with E-state index in [1.165, 1.54) is 0 Å². The van der Waals surface area contributed by atoms with Crippen LogP contribution in [-0.4, -0.2) is 46.6 Å². The van der Waals surface area contributed by atoms with E-state index >= 15 is 0 Å². The number of hydrogen-bond donors (Lipinski definition) is 1. The highest BCUT2D eigenvalue weighted by atomic mass is 16.6. The topological polar surface area (TPSA) is 93.9 Å². The fourth-order valence-electron chi connectivity index (χ4n) is 3.85. The van der Waals surface area contributed by atoms with Gasteiger partial charge in [-0.15, -0.1) is 0 Å². The summed E-state index contributed by atoms with van der Waals surface area (Å²) in [6.45, 7) is 8.60. The van der Waals surface area contributed by atoms with Gasteiger partial charge in [-0.3, -0.25) is 9.78 Å². The predicted molar refractivity (Wildman–Crippen MR) is 123 cm³/mol. The summed E-state index contributed by atoms with van der Waals surface area (Å²) in [7, 11) is 0. The summed E-state index contributed by atoms with van der Waals surface area (Å²) in [4.78, 5) is 31.2. The number of pyridine rings is 1. The molecule has 8 heteroatoms. The number of carbonyl (C=O) groups is 2. The maximum atomic E-state index is 13.1. The maximum absolute atomic E-state index is 13.1. The summed E-state index contributed by atoms with van der Waals surface area (Å²) in [5.74, 6) is 0.943. The summed E-state index contributed by atoms with van der Waals surface area (Å²) < 4.78 is 17.1. The lowest BCUT2D eigenvalue weighted by molar-refractivity contribution is 0.0290. The molecule has 0 spiro atoms. The molecule has 1 fully saturated rings. The van der Waals surface area contributed by atoms with Crippen LogP contribution in [0.3, 0.4) is 0 Å². The van der Waals surface area contributed by atoms with Crippen molar-refractivity contribution < 1.29 is 23.5 Å². The molecule has 8 nitrogen and oxygen atoms in total. The first-order valence-electron chi connectivity index (χ1n) is 11.0. The maximum Gasteiger partial charge on any atom is 0.410 e. The number of rotatable bonds is 5. The van der Waals surface area contributed by atoms with Crippen LogP contribution in [0, 0.1) is 6.92 Å². The molecule has 0 aliphatic carbocycles. The van der Waals surface area contributed by atoms with Gasteiger partial charge in [0, 0.05) is 42.5 Å². The number of nitrogens with one attached hydrogen (secondary N) is 1. The van der Waals surface area contributed by atoms with Crippen molar-refractivity contribution in [2.75, 3.05) is 13.1 Å². The first kappa shape index (κ1) is 22.6. The molecular formula is C25H29N3O5. The lowest BCUT2D eigenvalue weighted by Crippen LogP contribution is -2.40. The zero-order valence-electron chi connectivity index (χ0n) is 19.4. The predicted octanol–water partition coefficient (Wildman–Crippen LogP) is 4.45. The number of likely N-dealkylation sites (tertiary alicyclic amines) is 1. The highest BCUT2D eigenvalue weighted by Gasteiger charge is 2.31. The Morgan fingerprint density at radius 3 is 2.82 bits per heavy atom. The summed E-state index contributed by atoms with van der Waals surface area (Å²) >= 11 is 0. The normalized spacial score (nSPS) is 16.1. The number of fused-ring (bicyclic) bond motifs is 1. The lowest BCUT2D eigenvalue weighted by atomic mass is 10.1. The van der Waals surface area contributed by atoms with Crippen molar-refractivity contribution in [2.45, 2.75) is 52.4 Å². The fraction of sp³-hybridized carbons (Fsp3) is 0.400. The fourth-order valence-corrected chi connectivity index (χ4v) is 3.85. The number of nitrogens with zero attached hydrogens (tertiary/aromatic N) is 2. The minimum atomic E-state index is -0.554. The second-order valence-electron chi connectivity index (χ2n) is 9.23. The van der Waals surface area contributed by atoms with Gasteiger partial charge in [0.15, 0.2) is 0 Å². The van der Waals surface area contributed by atoms with Crippen molar-refractivity contribution in [3.05, 3.63) is 59.6 Å². The molecule has 1 saturated heterocycles. The van der Waals surface area contributed by atoms with Gasteiger partial charge in [0.1, 0.15) is 29.3 Å². The van der Waals surface area contributed by atoms with Crippen LogP contribution in [-0.2, 0) is 11.3 Å². The van der Waals surface area contributed by atoms with Crippen molar-refractivity contribution in [1.82, 2.24) is 15.2 Å². The molecule has 1 aliphatic rings. The van der Waals surface area contributed by atoms with E-state index in [0.29, 0.717) is 54.2 Å². The van der Waals surface area contributed by atoms with Crippen LogP contribution >= 0.6 is 0 Å². The Balaban J connectivity index is 1.44. The molecule has 1 N–H and O–H groups in total. The van der Waals surface area contributed by atoms with Crippen LogP contribution in [0.25, 0.3) is 11.0 Å². The lowest BCUT2D eigenvalue weighted by Gasteiger charge is -2.24. The quantitative estimate of drug-likeness (QED) is 0.616. The molecule has 174 valence electrons. The summed E-state index contributed by atoms with van der Waals surface area (Å²) in [6.07, 6.45) is 3.77. The molecule has 2 amide bonds. The number of aryl methyl sites for hydroxylation is 1. The summed E-state index contributed by atoms with van der Waals surface area (Å²) in [5, 5.41) is 3.73. The van der Waals surface area contributed by atoms with E-state index < -0.39 is 5.60 Å². The summed E-state index contributed by atoms with van der Waals surface area (Å²) in [5.41, 5.74) is 1.50. The Morgan fingerprint density at radius 1 is 1.27 bits per heavy atom. The second-order valence-corrected chi connectivity index (χ2v) is 9.23. The molecule has 2 aromatic heterocycles. The van der Waals surface area contributed by atoms with E-state index in [0.717, 1.165) is 5.56 Å². The van der Waals surface area contributed by atoms with E-state index in [2.05, 4.69) is 10.3 Å². The zero-order valence-corrected chi connectivity index (χ0v) is 19.4. The molecule has 3 aromatic rings. The minimum absolute atomic E-state index is 0.153. The average molecular weight is 452 g/mol. The van der Waals surface area contributed by atoms with Crippen LogP contribution in [0.4, 0.5) is 4.79 Å². The number of benzene rings is 1. The molecule has 0 saturated carbocycles. The van der Waals surface area contributed by atoms with Gasteiger partial charge in [-0.05, 0) is 58.4 Å². The van der Waals surface area contributed by atoms with Gasteiger partial charge >= 0.3 is 6.09 Å². The number of aromatic nitrogens is 1. The molecule has 33 heavy (non-hydrogen) atoms. The van der Waals surface area contributed by atoms with Gasteiger partial charge in [-0.2, -0.15) is 0 Å². The third-order valence-electron chi connectivity index (χ3n) is 5.37.